The fourth-order valence-electron chi connectivity index (χ4n) is 1.36. The van der Waals surface area contributed by atoms with Crippen molar-refractivity contribution in [1.82, 2.24) is 5.43 Å². The van der Waals surface area contributed by atoms with Crippen molar-refractivity contribution in [2.45, 2.75) is 26.9 Å². The summed E-state index contributed by atoms with van der Waals surface area (Å²) >= 11 is 3.43. The Morgan fingerprint density at radius 2 is 2.16 bits per heavy atom. The average molecular weight is 329 g/mol. The summed E-state index contributed by atoms with van der Waals surface area (Å²) in [4.78, 5) is 10.7. The highest BCUT2D eigenvalue weighted by atomic mass is 79.9. The number of hydrogen-bond donors (Lipinski definition) is 1. The first-order chi connectivity index (χ1) is 8.93. The van der Waals surface area contributed by atoms with Crippen LogP contribution in [0, 0.1) is 0 Å². The van der Waals surface area contributed by atoms with Crippen LogP contribution in [0.2, 0.25) is 0 Å². The number of rotatable bonds is 5. The first kappa shape index (κ1) is 15.5. The van der Waals surface area contributed by atoms with Crippen LogP contribution in [0.3, 0.4) is 0 Å². The van der Waals surface area contributed by atoms with Gasteiger partial charge in [0, 0.05) is 6.92 Å². The number of methoxy groups -OCH3 is 1. The lowest BCUT2D eigenvalue weighted by Crippen LogP contribution is -2.12. The fourth-order valence-corrected chi connectivity index (χ4v) is 1.92. The van der Waals surface area contributed by atoms with Crippen molar-refractivity contribution in [1.29, 1.82) is 0 Å². The van der Waals surface area contributed by atoms with E-state index < -0.39 is 0 Å². The number of nitrogens with zero attached hydrogens (tertiary/aromatic N) is 1. The number of hydrazone groups is 1. The van der Waals surface area contributed by atoms with Gasteiger partial charge in [-0.1, -0.05) is 0 Å². The van der Waals surface area contributed by atoms with E-state index in [9.17, 15) is 4.79 Å². The molecule has 1 amide bonds. The minimum Gasteiger partial charge on any atom is -0.493 e. The van der Waals surface area contributed by atoms with E-state index in [1.54, 1.807) is 13.2 Å². The fraction of sp³-hybridized carbons (Fsp3) is 0.385. The Balaban J connectivity index is 3.01. The van der Waals surface area contributed by atoms with Crippen LogP contribution < -0.4 is 14.9 Å². The van der Waals surface area contributed by atoms with Crippen molar-refractivity contribution in [3.05, 3.63) is 22.2 Å². The summed E-state index contributed by atoms with van der Waals surface area (Å²) in [5.41, 5.74) is 3.13. The molecular weight excluding hydrogens is 312 g/mol. The summed E-state index contributed by atoms with van der Waals surface area (Å²) in [5, 5.41) is 3.81. The molecule has 0 aromatic heterocycles. The van der Waals surface area contributed by atoms with Gasteiger partial charge < -0.3 is 9.47 Å². The molecule has 0 fully saturated rings. The molecule has 6 heteroatoms. The van der Waals surface area contributed by atoms with E-state index >= 15 is 0 Å². The summed E-state index contributed by atoms with van der Waals surface area (Å²) in [6.07, 6.45) is 1.58. The zero-order valence-electron chi connectivity index (χ0n) is 11.4. The lowest BCUT2D eigenvalue weighted by atomic mass is 10.2. The van der Waals surface area contributed by atoms with Gasteiger partial charge in [-0.2, -0.15) is 5.10 Å². The minimum atomic E-state index is -0.220. The molecule has 1 N–H and O–H groups in total. The van der Waals surface area contributed by atoms with Gasteiger partial charge in [0.1, 0.15) is 0 Å². The summed E-state index contributed by atoms with van der Waals surface area (Å²) in [7, 11) is 1.57. The van der Waals surface area contributed by atoms with Crippen LogP contribution in [-0.2, 0) is 4.79 Å². The monoisotopic (exact) mass is 328 g/mol. The Bertz CT molecular complexity index is 487. The van der Waals surface area contributed by atoms with Gasteiger partial charge in [0.25, 0.3) is 0 Å². The molecule has 0 saturated heterocycles. The second-order valence-corrected chi connectivity index (χ2v) is 4.98. The average Bonchev–Trinajstić information content (AvgIpc) is 2.31. The van der Waals surface area contributed by atoms with Crippen LogP contribution in [-0.4, -0.2) is 25.3 Å². The van der Waals surface area contributed by atoms with Crippen LogP contribution in [0.1, 0.15) is 26.3 Å². The van der Waals surface area contributed by atoms with Gasteiger partial charge in [0.2, 0.25) is 5.91 Å². The molecule has 0 aliphatic heterocycles. The number of ether oxygens (including phenoxy) is 2. The second kappa shape index (κ2) is 7.13. The SMILES string of the molecule is COc1cc(/C=N\NC(C)=O)cc(Br)c1OC(C)C. The normalized spacial score (nSPS) is 10.8. The largest absolute Gasteiger partial charge is 0.493 e. The van der Waals surface area contributed by atoms with Gasteiger partial charge in [0.05, 0.1) is 23.9 Å². The van der Waals surface area contributed by atoms with Crippen molar-refractivity contribution >= 4 is 28.1 Å². The van der Waals surface area contributed by atoms with Crippen LogP contribution in [0.25, 0.3) is 0 Å². The predicted molar refractivity (Wildman–Crippen MR) is 77.9 cm³/mol. The van der Waals surface area contributed by atoms with E-state index in [0.29, 0.717) is 11.5 Å². The standard InChI is InChI=1S/C13H17BrN2O3/c1-8(2)19-13-11(14)5-10(6-12(13)18-4)7-15-16-9(3)17/h5-8H,1-4H3,(H,16,17)/b15-7-. The number of carbonyl (C=O) groups is 1. The third-order valence-electron chi connectivity index (χ3n) is 2.04. The molecule has 0 unspecified atom stereocenters. The molecule has 5 nitrogen and oxygen atoms in total. The van der Waals surface area contributed by atoms with Crippen LogP contribution >= 0.6 is 15.9 Å². The maximum absolute atomic E-state index is 10.7. The summed E-state index contributed by atoms with van der Waals surface area (Å²) in [6.45, 7) is 5.28. The molecule has 0 saturated carbocycles. The molecule has 0 aliphatic rings. The molecule has 1 aromatic rings. The van der Waals surface area contributed by atoms with Crippen molar-refractivity contribution in [2.75, 3.05) is 7.11 Å². The zero-order valence-corrected chi connectivity index (χ0v) is 12.9. The van der Waals surface area contributed by atoms with Gasteiger partial charge in [-0.05, 0) is 47.5 Å². The van der Waals surface area contributed by atoms with Gasteiger partial charge >= 0.3 is 0 Å². The molecule has 0 heterocycles. The molecule has 1 rings (SSSR count). The molecule has 0 atom stereocenters. The topological polar surface area (TPSA) is 59.9 Å². The van der Waals surface area contributed by atoms with Gasteiger partial charge in [-0.25, -0.2) is 5.43 Å². The molecular formula is C13H17BrN2O3. The van der Waals surface area contributed by atoms with Crippen LogP contribution in [0.15, 0.2) is 21.7 Å². The van der Waals surface area contributed by atoms with E-state index in [4.69, 9.17) is 9.47 Å². The molecule has 104 valence electrons. The number of benzene rings is 1. The predicted octanol–water partition coefficient (Wildman–Crippen LogP) is 2.71. The van der Waals surface area contributed by atoms with Crippen LogP contribution in [0.4, 0.5) is 0 Å². The van der Waals surface area contributed by atoms with E-state index in [-0.39, 0.29) is 12.0 Å². The second-order valence-electron chi connectivity index (χ2n) is 4.13. The maximum Gasteiger partial charge on any atom is 0.236 e. The molecule has 0 aliphatic carbocycles. The van der Waals surface area contributed by atoms with E-state index in [0.717, 1.165) is 10.0 Å². The van der Waals surface area contributed by atoms with E-state index in [1.165, 1.54) is 13.1 Å². The summed E-state index contributed by atoms with van der Waals surface area (Å²) < 4.78 is 11.7. The zero-order chi connectivity index (χ0) is 14.4. The van der Waals surface area contributed by atoms with E-state index in [1.807, 2.05) is 19.9 Å². The quantitative estimate of drug-likeness (QED) is 0.667. The summed E-state index contributed by atoms with van der Waals surface area (Å²) in [6, 6.07) is 3.62. The van der Waals surface area contributed by atoms with Gasteiger partial charge in [-0.15, -0.1) is 0 Å². The van der Waals surface area contributed by atoms with Gasteiger partial charge in [-0.3, -0.25) is 4.79 Å². The number of carbonyl (C=O) groups excluding carboxylic acids is 1. The Morgan fingerprint density at radius 3 is 2.68 bits per heavy atom. The number of halogens is 1. The molecule has 0 radical (unpaired) electrons. The van der Waals surface area contributed by atoms with Gasteiger partial charge in [0.15, 0.2) is 11.5 Å². The summed E-state index contributed by atoms with van der Waals surface area (Å²) in [5.74, 6) is 1.03. The molecule has 0 bridgehead atoms. The van der Waals surface area contributed by atoms with Crippen molar-refractivity contribution < 1.29 is 14.3 Å². The third kappa shape index (κ3) is 4.90. The van der Waals surface area contributed by atoms with Crippen LogP contribution in [0.5, 0.6) is 11.5 Å². The minimum absolute atomic E-state index is 0.0455. The Labute approximate surface area is 121 Å². The van der Waals surface area contributed by atoms with E-state index in [2.05, 4.69) is 26.5 Å². The third-order valence-corrected chi connectivity index (χ3v) is 2.63. The van der Waals surface area contributed by atoms with Crippen molar-refractivity contribution in [3.63, 3.8) is 0 Å². The lowest BCUT2D eigenvalue weighted by molar-refractivity contribution is -0.118. The number of nitrogens with one attached hydrogen (secondary N) is 1. The Kier molecular flexibility index (Phi) is 5.82. The number of amides is 1. The van der Waals surface area contributed by atoms with Crippen molar-refractivity contribution in [3.8, 4) is 11.5 Å². The first-order valence-corrected chi connectivity index (χ1v) is 6.57. The molecule has 19 heavy (non-hydrogen) atoms. The molecule has 0 spiro atoms. The first-order valence-electron chi connectivity index (χ1n) is 5.78. The van der Waals surface area contributed by atoms with Crippen molar-refractivity contribution in [2.24, 2.45) is 5.10 Å². The lowest BCUT2D eigenvalue weighted by Gasteiger charge is -2.15. The highest BCUT2D eigenvalue weighted by Gasteiger charge is 2.12. The molecule has 1 aromatic carbocycles. The maximum atomic E-state index is 10.7. The highest BCUT2D eigenvalue weighted by Crippen LogP contribution is 2.36. The smallest absolute Gasteiger partial charge is 0.236 e. The Morgan fingerprint density at radius 1 is 1.47 bits per heavy atom. The number of hydrogen-bond acceptors (Lipinski definition) is 4. The highest BCUT2D eigenvalue weighted by molar-refractivity contribution is 9.10. The Hall–Kier alpha value is -1.56.